The molecule has 4 rings (SSSR count). The van der Waals surface area contributed by atoms with Gasteiger partial charge in [-0.05, 0) is 25.0 Å². The lowest BCUT2D eigenvalue weighted by Gasteiger charge is -2.27. The van der Waals surface area contributed by atoms with Crippen molar-refractivity contribution < 1.29 is 18.9 Å². The molecular weight excluding hydrogens is 435 g/mol. The van der Waals surface area contributed by atoms with E-state index in [0.29, 0.717) is 34.3 Å². The Morgan fingerprint density at radius 2 is 1.55 bits per heavy atom. The van der Waals surface area contributed by atoms with Gasteiger partial charge in [0.15, 0.2) is 13.7 Å². The Hall–Kier alpha value is -2.95. The van der Waals surface area contributed by atoms with E-state index in [1.165, 1.54) is 6.20 Å². The number of ether oxygens (including phenoxy) is 1. The van der Waals surface area contributed by atoms with E-state index in [4.69, 9.17) is 16.3 Å². The fourth-order valence-electron chi connectivity index (χ4n) is 3.58. The van der Waals surface area contributed by atoms with Crippen LogP contribution in [-0.4, -0.2) is 28.6 Å². The van der Waals surface area contributed by atoms with E-state index in [1.54, 1.807) is 60.7 Å². The molecular formula is C23H20ClN2O4P. The molecule has 1 fully saturated rings. The minimum Gasteiger partial charge on any atom is -0.455 e. The number of pyridine rings is 1. The first kappa shape index (κ1) is 21.3. The van der Waals surface area contributed by atoms with E-state index < -0.39 is 30.8 Å². The summed E-state index contributed by atoms with van der Waals surface area (Å²) in [5.41, 5.74) is 0. The molecule has 1 aromatic heterocycles. The monoisotopic (exact) mass is 454 g/mol. The largest absolute Gasteiger partial charge is 0.455 e. The van der Waals surface area contributed by atoms with Crippen LogP contribution in [0.2, 0.25) is 5.02 Å². The molecule has 1 aliphatic carbocycles. The number of anilines is 1. The standard InChI is InChI=1S/C23H20ClN2O4P/c24-17-11-12-20(25-15-17)26-21(27)16-30-22(28)23(13-14-23)31(29,18-7-3-1-4-8-18)19-9-5-2-6-10-19/h1-12,15H,13-14,16H2,(H,25,26,27). The number of aromatic nitrogens is 1. The van der Waals surface area contributed by atoms with Crippen molar-refractivity contribution in [2.24, 2.45) is 0 Å². The number of hydrogen-bond donors (Lipinski definition) is 1. The summed E-state index contributed by atoms with van der Waals surface area (Å²) in [6, 6.07) is 21.1. The Bertz CT molecular complexity index is 1090. The van der Waals surface area contributed by atoms with E-state index in [0.717, 1.165) is 0 Å². The third-order valence-corrected chi connectivity index (χ3v) is 9.38. The average Bonchev–Trinajstić information content (AvgIpc) is 3.62. The fraction of sp³-hybridized carbons (Fsp3) is 0.174. The van der Waals surface area contributed by atoms with Gasteiger partial charge in [-0.3, -0.25) is 9.59 Å². The number of carbonyl (C=O) groups excluding carboxylic acids is 2. The van der Waals surface area contributed by atoms with Gasteiger partial charge < -0.3 is 14.6 Å². The van der Waals surface area contributed by atoms with Gasteiger partial charge in [-0.15, -0.1) is 0 Å². The predicted octanol–water partition coefficient (Wildman–Crippen LogP) is 3.76. The maximum absolute atomic E-state index is 14.5. The fourth-order valence-corrected chi connectivity index (χ4v) is 7.22. The number of amides is 1. The van der Waals surface area contributed by atoms with Crippen LogP contribution in [0.25, 0.3) is 0 Å². The zero-order chi connectivity index (χ0) is 21.9. The van der Waals surface area contributed by atoms with E-state index in [2.05, 4.69) is 10.3 Å². The molecule has 1 amide bonds. The van der Waals surface area contributed by atoms with Gasteiger partial charge in [-0.1, -0.05) is 72.3 Å². The van der Waals surface area contributed by atoms with Gasteiger partial charge in [0.1, 0.15) is 11.0 Å². The summed E-state index contributed by atoms with van der Waals surface area (Å²) in [5.74, 6) is -0.859. The average molecular weight is 455 g/mol. The second-order valence-corrected chi connectivity index (χ2v) is 10.8. The Morgan fingerprint density at radius 3 is 2.03 bits per heavy atom. The van der Waals surface area contributed by atoms with Crippen LogP contribution in [0.4, 0.5) is 5.82 Å². The molecule has 1 heterocycles. The van der Waals surface area contributed by atoms with Crippen molar-refractivity contribution >= 4 is 47.0 Å². The lowest BCUT2D eigenvalue weighted by molar-refractivity contribution is -0.147. The third-order valence-electron chi connectivity index (χ3n) is 5.28. The molecule has 31 heavy (non-hydrogen) atoms. The summed E-state index contributed by atoms with van der Waals surface area (Å²) in [5, 5.41) is 3.03. The van der Waals surface area contributed by atoms with E-state index in [9.17, 15) is 14.2 Å². The molecule has 1 N–H and O–H groups in total. The van der Waals surface area contributed by atoms with Crippen molar-refractivity contribution in [3.63, 3.8) is 0 Å². The second-order valence-electron chi connectivity index (χ2n) is 7.30. The molecule has 0 radical (unpaired) electrons. The van der Waals surface area contributed by atoms with Crippen molar-refractivity contribution in [3.05, 3.63) is 84.0 Å². The molecule has 0 spiro atoms. The maximum atomic E-state index is 14.5. The van der Waals surface area contributed by atoms with E-state index in [-0.39, 0.29) is 0 Å². The SMILES string of the molecule is O=C(COC(=O)C1(P(=O)(c2ccccc2)c2ccccc2)CC1)Nc1ccc(Cl)cn1. The van der Waals surface area contributed by atoms with Gasteiger partial charge in [0.05, 0.1) is 5.02 Å². The number of halogens is 1. The van der Waals surface area contributed by atoms with Gasteiger partial charge in [0.2, 0.25) is 0 Å². The summed E-state index contributed by atoms with van der Waals surface area (Å²) >= 11 is 5.78. The van der Waals surface area contributed by atoms with Crippen molar-refractivity contribution in [1.29, 1.82) is 0 Å². The summed E-state index contributed by atoms with van der Waals surface area (Å²) in [6.07, 6.45) is 2.28. The van der Waals surface area contributed by atoms with Crippen LogP contribution in [-0.2, 0) is 18.9 Å². The van der Waals surface area contributed by atoms with Crippen LogP contribution in [0.5, 0.6) is 0 Å². The maximum Gasteiger partial charge on any atom is 0.320 e. The predicted molar refractivity (Wildman–Crippen MR) is 121 cm³/mol. The third kappa shape index (κ3) is 4.14. The molecule has 3 aromatic rings. The molecule has 1 aliphatic rings. The van der Waals surface area contributed by atoms with Gasteiger partial charge in [0.25, 0.3) is 5.91 Å². The highest BCUT2D eigenvalue weighted by Gasteiger charge is 2.65. The van der Waals surface area contributed by atoms with Crippen molar-refractivity contribution in [2.45, 2.75) is 18.0 Å². The summed E-state index contributed by atoms with van der Waals surface area (Å²) in [4.78, 5) is 29.3. The second kappa shape index (κ2) is 8.66. The normalized spacial score (nSPS) is 14.5. The smallest absolute Gasteiger partial charge is 0.320 e. The first-order chi connectivity index (χ1) is 15.0. The quantitative estimate of drug-likeness (QED) is 0.434. The summed E-state index contributed by atoms with van der Waals surface area (Å²) < 4.78 is 19.8. The zero-order valence-corrected chi connectivity index (χ0v) is 18.2. The topological polar surface area (TPSA) is 85.4 Å². The highest BCUT2D eigenvalue weighted by molar-refractivity contribution is 7.81. The molecule has 0 aliphatic heterocycles. The number of hydrogen-bond acceptors (Lipinski definition) is 5. The van der Waals surface area contributed by atoms with Gasteiger partial charge >= 0.3 is 5.97 Å². The van der Waals surface area contributed by atoms with Crippen LogP contribution in [0, 0.1) is 0 Å². The van der Waals surface area contributed by atoms with Gasteiger partial charge in [-0.25, -0.2) is 4.98 Å². The van der Waals surface area contributed by atoms with Crippen LogP contribution in [0.3, 0.4) is 0 Å². The van der Waals surface area contributed by atoms with Gasteiger partial charge in [0, 0.05) is 16.8 Å². The van der Waals surface area contributed by atoms with Crippen molar-refractivity contribution in [1.82, 2.24) is 4.98 Å². The van der Waals surface area contributed by atoms with E-state index >= 15 is 0 Å². The minimum absolute atomic E-state index is 0.297. The lowest BCUT2D eigenvalue weighted by Crippen LogP contribution is -2.36. The number of carbonyl (C=O) groups is 2. The Morgan fingerprint density at radius 1 is 0.968 bits per heavy atom. The van der Waals surface area contributed by atoms with Crippen LogP contribution in [0.1, 0.15) is 12.8 Å². The van der Waals surface area contributed by atoms with Crippen LogP contribution < -0.4 is 15.9 Å². The number of nitrogens with one attached hydrogen (secondary N) is 1. The molecule has 6 nitrogen and oxygen atoms in total. The van der Waals surface area contributed by atoms with Crippen molar-refractivity contribution in [3.8, 4) is 0 Å². The minimum atomic E-state index is -3.34. The first-order valence-electron chi connectivity index (χ1n) is 9.76. The molecule has 2 aromatic carbocycles. The Balaban J connectivity index is 1.54. The number of esters is 1. The Labute approximate surface area is 185 Å². The molecule has 0 bridgehead atoms. The summed E-state index contributed by atoms with van der Waals surface area (Å²) in [6.45, 7) is -0.492. The molecule has 1 saturated carbocycles. The number of rotatable bonds is 7. The van der Waals surface area contributed by atoms with Crippen LogP contribution in [0.15, 0.2) is 79.0 Å². The highest BCUT2D eigenvalue weighted by Crippen LogP contribution is 2.68. The first-order valence-corrected chi connectivity index (χ1v) is 11.8. The molecule has 0 saturated heterocycles. The van der Waals surface area contributed by atoms with E-state index in [1.807, 2.05) is 12.1 Å². The molecule has 0 atom stereocenters. The molecule has 8 heteroatoms. The molecule has 158 valence electrons. The molecule has 0 unspecified atom stereocenters. The van der Waals surface area contributed by atoms with Crippen LogP contribution >= 0.6 is 18.7 Å². The lowest BCUT2D eigenvalue weighted by atomic mass is 10.4. The number of nitrogens with zero attached hydrogens (tertiary/aromatic N) is 1. The van der Waals surface area contributed by atoms with Gasteiger partial charge in [-0.2, -0.15) is 0 Å². The Kier molecular flexibility index (Phi) is 5.94. The number of benzene rings is 2. The zero-order valence-electron chi connectivity index (χ0n) is 16.5. The van der Waals surface area contributed by atoms with Crippen molar-refractivity contribution in [2.75, 3.05) is 11.9 Å². The summed E-state index contributed by atoms with van der Waals surface area (Å²) in [7, 11) is -3.34. The highest BCUT2D eigenvalue weighted by atomic mass is 35.5.